The Hall–Kier alpha value is -1.36. The molecule has 0 fully saturated rings. The van der Waals surface area contributed by atoms with E-state index >= 15 is 0 Å². The van der Waals surface area contributed by atoms with Crippen molar-refractivity contribution in [2.75, 3.05) is 0 Å². The summed E-state index contributed by atoms with van der Waals surface area (Å²) >= 11 is 15.1. The van der Waals surface area contributed by atoms with Gasteiger partial charge < -0.3 is 4.74 Å². The number of carbonyl (C=O) groups is 2. The summed E-state index contributed by atoms with van der Waals surface area (Å²) in [6.45, 7) is 1.51. The van der Waals surface area contributed by atoms with Gasteiger partial charge in [-0.1, -0.05) is 51.3 Å². The Bertz CT molecular complexity index is 731. The number of ketones is 1. The topological polar surface area (TPSA) is 43.4 Å². The van der Waals surface area contributed by atoms with Gasteiger partial charge in [-0.05, 0) is 37.3 Å². The average molecular weight is 402 g/mol. The molecule has 0 aliphatic rings. The second-order valence-electron chi connectivity index (χ2n) is 4.55. The van der Waals surface area contributed by atoms with Gasteiger partial charge in [-0.2, -0.15) is 0 Å². The van der Waals surface area contributed by atoms with Crippen molar-refractivity contribution in [1.82, 2.24) is 0 Å². The molecule has 0 amide bonds. The maximum atomic E-state index is 12.2. The minimum Gasteiger partial charge on any atom is -0.451 e. The van der Waals surface area contributed by atoms with E-state index in [1.807, 2.05) is 0 Å². The Kier molecular flexibility index (Phi) is 5.62. The van der Waals surface area contributed by atoms with Gasteiger partial charge in [0.2, 0.25) is 5.78 Å². The van der Waals surface area contributed by atoms with E-state index in [9.17, 15) is 9.59 Å². The van der Waals surface area contributed by atoms with E-state index in [0.29, 0.717) is 15.1 Å². The lowest BCUT2D eigenvalue weighted by Crippen LogP contribution is -2.24. The normalized spacial score (nSPS) is 11.8. The third-order valence-corrected chi connectivity index (χ3v) is 3.97. The fourth-order valence-corrected chi connectivity index (χ4v) is 2.55. The van der Waals surface area contributed by atoms with Gasteiger partial charge in [-0.25, -0.2) is 4.79 Å². The number of benzene rings is 2. The summed E-state index contributed by atoms with van der Waals surface area (Å²) in [5.74, 6) is -0.990. The molecule has 0 aliphatic heterocycles. The average Bonchev–Trinajstić information content (AvgIpc) is 2.48. The standard InChI is InChI=1S/C16H11BrCl2O3/c1-9(15(20)10-3-2-4-12(18)7-10)22-16(21)13-8-11(17)5-6-14(13)19/h2-9H,1H3. The van der Waals surface area contributed by atoms with E-state index in [1.165, 1.54) is 13.0 Å². The fraction of sp³-hybridized carbons (Fsp3) is 0.125. The number of hydrogen-bond donors (Lipinski definition) is 0. The lowest BCUT2D eigenvalue weighted by molar-refractivity contribution is 0.0319. The first-order valence-electron chi connectivity index (χ1n) is 6.34. The molecule has 6 heteroatoms. The number of carbonyl (C=O) groups excluding carboxylic acids is 2. The number of Topliss-reactive ketones (excluding diaryl/α,β-unsaturated/α-hetero) is 1. The van der Waals surface area contributed by atoms with Crippen LogP contribution in [0.4, 0.5) is 0 Å². The zero-order chi connectivity index (χ0) is 16.3. The van der Waals surface area contributed by atoms with Crippen molar-refractivity contribution in [2.45, 2.75) is 13.0 Å². The predicted octanol–water partition coefficient (Wildman–Crippen LogP) is 5.18. The maximum Gasteiger partial charge on any atom is 0.340 e. The molecule has 0 aromatic heterocycles. The monoisotopic (exact) mass is 400 g/mol. The molecule has 0 N–H and O–H groups in total. The van der Waals surface area contributed by atoms with Crippen LogP contribution in [-0.2, 0) is 4.74 Å². The summed E-state index contributed by atoms with van der Waals surface area (Å²) in [7, 11) is 0. The minimum absolute atomic E-state index is 0.196. The lowest BCUT2D eigenvalue weighted by atomic mass is 10.1. The summed E-state index contributed by atoms with van der Waals surface area (Å²) in [5.41, 5.74) is 0.579. The van der Waals surface area contributed by atoms with Gasteiger partial charge in [-0.3, -0.25) is 4.79 Å². The van der Waals surface area contributed by atoms with Crippen LogP contribution in [0.3, 0.4) is 0 Å². The van der Waals surface area contributed by atoms with Crippen molar-refractivity contribution >= 4 is 50.9 Å². The second kappa shape index (κ2) is 7.27. The number of halogens is 3. The number of hydrogen-bond acceptors (Lipinski definition) is 3. The van der Waals surface area contributed by atoms with E-state index in [-0.39, 0.29) is 16.4 Å². The van der Waals surface area contributed by atoms with Crippen LogP contribution in [0.15, 0.2) is 46.9 Å². The van der Waals surface area contributed by atoms with Crippen LogP contribution in [0.2, 0.25) is 10.0 Å². The highest BCUT2D eigenvalue weighted by molar-refractivity contribution is 9.10. The van der Waals surface area contributed by atoms with Gasteiger partial charge in [0.05, 0.1) is 10.6 Å². The van der Waals surface area contributed by atoms with Crippen LogP contribution in [0.25, 0.3) is 0 Å². The number of rotatable bonds is 4. The van der Waals surface area contributed by atoms with Gasteiger partial charge in [-0.15, -0.1) is 0 Å². The first-order chi connectivity index (χ1) is 10.4. The van der Waals surface area contributed by atoms with E-state index in [0.717, 1.165) is 0 Å². The fourth-order valence-electron chi connectivity index (χ4n) is 1.81. The summed E-state index contributed by atoms with van der Waals surface area (Å²) in [5, 5.41) is 0.704. The molecule has 2 aromatic carbocycles. The number of ether oxygens (including phenoxy) is 1. The van der Waals surface area contributed by atoms with Crippen LogP contribution in [-0.4, -0.2) is 17.9 Å². The molecule has 22 heavy (non-hydrogen) atoms. The summed E-state index contributed by atoms with van der Waals surface area (Å²) in [6, 6.07) is 11.3. The van der Waals surface area contributed by atoms with Crippen molar-refractivity contribution in [2.24, 2.45) is 0 Å². The van der Waals surface area contributed by atoms with E-state index in [1.54, 1.807) is 36.4 Å². The molecule has 0 spiro atoms. The Labute approximate surface area is 146 Å². The Morgan fingerprint density at radius 3 is 2.55 bits per heavy atom. The molecule has 0 saturated carbocycles. The van der Waals surface area contributed by atoms with Gasteiger partial charge in [0.1, 0.15) is 0 Å². The molecule has 0 heterocycles. The van der Waals surface area contributed by atoms with Crippen LogP contribution < -0.4 is 0 Å². The van der Waals surface area contributed by atoms with E-state index < -0.39 is 12.1 Å². The van der Waals surface area contributed by atoms with Crippen LogP contribution in [0, 0.1) is 0 Å². The molecule has 0 radical (unpaired) electrons. The number of esters is 1. The van der Waals surface area contributed by atoms with Crippen molar-refractivity contribution in [1.29, 1.82) is 0 Å². The summed E-state index contributed by atoms with van der Waals surface area (Å²) in [6.07, 6.45) is -0.944. The van der Waals surface area contributed by atoms with E-state index in [4.69, 9.17) is 27.9 Å². The quantitative estimate of drug-likeness (QED) is 0.523. The summed E-state index contributed by atoms with van der Waals surface area (Å²) in [4.78, 5) is 24.4. The van der Waals surface area contributed by atoms with Gasteiger partial charge >= 0.3 is 5.97 Å². The molecule has 0 saturated heterocycles. The largest absolute Gasteiger partial charge is 0.451 e. The minimum atomic E-state index is -0.944. The highest BCUT2D eigenvalue weighted by Gasteiger charge is 2.22. The molecule has 0 bridgehead atoms. The van der Waals surface area contributed by atoms with Crippen molar-refractivity contribution in [3.63, 3.8) is 0 Å². The predicted molar refractivity (Wildman–Crippen MR) is 89.8 cm³/mol. The molecule has 2 aromatic rings. The Balaban J connectivity index is 2.14. The molecular formula is C16H11BrCl2O3. The molecular weight excluding hydrogens is 391 g/mol. The highest BCUT2D eigenvalue weighted by atomic mass is 79.9. The Morgan fingerprint density at radius 2 is 1.86 bits per heavy atom. The first-order valence-corrected chi connectivity index (χ1v) is 7.89. The molecule has 1 unspecified atom stereocenters. The van der Waals surface area contributed by atoms with Gasteiger partial charge in [0, 0.05) is 15.1 Å². The zero-order valence-corrected chi connectivity index (χ0v) is 14.6. The van der Waals surface area contributed by atoms with Gasteiger partial charge in [0.15, 0.2) is 6.10 Å². The SMILES string of the molecule is CC(OC(=O)c1cc(Br)ccc1Cl)C(=O)c1cccc(Cl)c1. The smallest absolute Gasteiger partial charge is 0.340 e. The van der Waals surface area contributed by atoms with Crippen molar-refractivity contribution in [3.8, 4) is 0 Å². The summed E-state index contributed by atoms with van der Waals surface area (Å²) < 4.78 is 5.88. The maximum absolute atomic E-state index is 12.2. The second-order valence-corrected chi connectivity index (χ2v) is 6.31. The first kappa shape index (κ1) is 17.0. The highest BCUT2D eigenvalue weighted by Crippen LogP contribution is 2.22. The molecule has 0 aliphatic carbocycles. The van der Waals surface area contributed by atoms with Gasteiger partial charge in [0.25, 0.3) is 0 Å². The van der Waals surface area contributed by atoms with Crippen LogP contribution in [0.5, 0.6) is 0 Å². The zero-order valence-electron chi connectivity index (χ0n) is 11.5. The third-order valence-electron chi connectivity index (χ3n) is 2.91. The van der Waals surface area contributed by atoms with E-state index in [2.05, 4.69) is 15.9 Å². The molecule has 114 valence electrons. The molecule has 2 rings (SSSR count). The van der Waals surface area contributed by atoms with Crippen LogP contribution in [0.1, 0.15) is 27.6 Å². The Morgan fingerprint density at radius 1 is 1.14 bits per heavy atom. The molecule has 3 nitrogen and oxygen atoms in total. The van der Waals surface area contributed by atoms with Crippen molar-refractivity contribution in [3.05, 3.63) is 68.1 Å². The lowest BCUT2D eigenvalue weighted by Gasteiger charge is -2.13. The third kappa shape index (κ3) is 4.09. The van der Waals surface area contributed by atoms with Crippen molar-refractivity contribution < 1.29 is 14.3 Å². The molecule has 1 atom stereocenters. The van der Waals surface area contributed by atoms with Crippen LogP contribution >= 0.6 is 39.1 Å².